The molecule has 0 radical (unpaired) electrons. The Bertz CT molecular complexity index is 898. The molecule has 0 saturated carbocycles. The van der Waals surface area contributed by atoms with Gasteiger partial charge in [-0.05, 0) is 45.5 Å². The summed E-state index contributed by atoms with van der Waals surface area (Å²) in [5, 5.41) is 3.21. The van der Waals surface area contributed by atoms with E-state index >= 15 is 0 Å². The molecule has 0 aliphatic carbocycles. The number of nitrogens with one attached hydrogen (secondary N) is 2. The maximum absolute atomic E-state index is 12.2. The summed E-state index contributed by atoms with van der Waals surface area (Å²) in [7, 11) is -5.21. The lowest BCUT2D eigenvalue weighted by Gasteiger charge is -2.39. The van der Waals surface area contributed by atoms with Crippen molar-refractivity contribution in [1.29, 1.82) is 0 Å². The normalized spacial score (nSPS) is 19.0. The molecular weight excluding hydrogens is 515 g/mol. The van der Waals surface area contributed by atoms with E-state index < -0.39 is 24.6 Å². The van der Waals surface area contributed by atoms with E-state index in [2.05, 4.69) is 15.0 Å². The average molecular weight is 544 g/mol. The number of sulfone groups is 1. The Morgan fingerprint density at radius 1 is 1.25 bits per heavy atom. The van der Waals surface area contributed by atoms with Crippen molar-refractivity contribution >= 4 is 49.8 Å². The SMILES string of the molecule is CCNC(=NCc1ccc(S(=O)(=O)NC)cc1)N1CCS(=O)(=O)C(C)(C)C1.I. The van der Waals surface area contributed by atoms with E-state index in [1.165, 1.54) is 7.05 Å². The maximum atomic E-state index is 12.2. The fraction of sp³-hybridized carbons (Fsp3) is 0.588. The van der Waals surface area contributed by atoms with Crippen molar-refractivity contribution in [2.45, 2.75) is 37.0 Å². The summed E-state index contributed by atoms with van der Waals surface area (Å²) < 4.78 is 49.4. The Labute approximate surface area is 185 Å². The first kappa shape index (κ1) is 25.1. The van der Waals surface area contributed by atoms with Crippen LogP contribution >= 0.6 is 24.0 Å². The van der Waals surface area contributed by atoms with Crippen LogP contribution in [0.15, 0.2) is 34.2 Å². The van der Waals surface area contributed by atoms with Crippen molar-refractivity contribution < 1.29 is 16.8 Å². The van der Waals surface area contributed by atoms with Crippen molar-refractivity contribution in [2.24, 2.45) is 4.99 Å². The lowest BCUT2D eigenvalue weighted by molar-refractivity contribution is 0.353. The van der Waals surface area contributed by atoms with Crippen LogP contribution in [-0.4, -0.2) is 64.9 Å². The van der Waals surface area contributed by atoms with E-state index in [0.717, 1.165) is 5.56 Å². The molecule has 1 heterocycles. The maximum Gasteiger partial charge on any atom is 0.240 e. The van der Waals surface area contributed by atoms with Crippen LogP contribution in [0, 0.1) is 0 Å². The summed E-state index contributed by atoms with van der Waals surface area (Å²) in [5.74, 6) is 0.758. The zero-order valence-corrected chi connectivity index (χ0v) is 20.6. The van der Waals surface area contributed by atoms with Gasteiger partial charge in [0.1, 0.15) is 0 Å². The third kappa shape index (κ3) is 5.80. The van der Waals surface area contributed by atoms with E-state index in [-0.39, 0.29) is 34.6 Å². The molecule has 0 unspecified atom stereocenters. The van der Waals surface area contributed by atoms with Gasteiger partial charge in [0, 0.05) is 19.6 Å². The third-order valence-corrected chi connectivity index (χ3v) is 8.55. The van der Waals surface area contributed by atoms with Crippen molar-refractivity contribution in [2.75, 3.05) is 32.4 Å². The monoisotopic (exact) mass is 544 g/mol. The predicted molar refractivity (Wildman–Crippen MR) is 122 cm³/mol. The molecule has 28 heavy (non-hydrogen) atoms. The summed E-state index contributed by atoms with van der Waals surface area (Å²) in [6.07, 6.45) is 0. The van der Waals surface area contributed by atoms with Crippen LogP contribution in [0.1, 0.15) is 26.3 Å². The van der Waals surface area contributed by atoms with Gasteiger partial charge in [-0.15, -0.1) is 24.0 Å². The van der Waals surface area contributed by atoms with Crippen molar-refractivity contribution in [3.63, 3.8) is 0 Å². The van der Waals surface area contributed by atoms with E-state index in [9.17, 15) is 16.8 Å². The van der Waals surface area contributed by atoms with Crippen LogP contribution in [-0.2, 0) is 26.4 Å². The molecule has 11 heteroatoms. The van der Waals surface area contributed by atoms with Gasteiger partial charge in [-0.2, -0.15) is 0 Å². The smallest absolute Gasteiger partial charge is 0.240 e. The van der Waals surface area contributed by atoms with Crippen LogP contribution < -0.4 is 10.0 Å². The predicted octanol–water partition coefficient (Wildman–Crippen LogP) is 1.19. The molecule has 1 saturated heterocycles. The lowest BCUT2D eigenvalue weighted by Crippen LogP contribution is -2.57. The number of halogens is 1. The van der Waals surface area contributed by atoms with E-state index in [0.29, 0.717) is 32.1 Å². The second-order valence-electron chi connectivity index (χ2n) is 7.02. The van der Waals surface area contributed by atoms with Crippen LogP contribution in [0.3, 0.4) is 0 Å². The highest BCUT2D eigenvalue weighted by molar-refractivity contribution is 14.0. The van der Waals surface area contributed by atoms with Gasteiger partial charge < -0.3 is 10.2 Å². The Morgan fingerprint density at radius 3 is 2.36 bits per heavy atom. The molecule has 1 aromatic rings. The van der Waals surface area contributed by atoms with Gasteiger partial charge in [-0.3, -0.25) is 0 Å². The molecule has 2 rings (SSSR count). The number of benzene rings is 1. The minimum Gasteiger partial charge on any atom is -0.357 e. The van der Waals surface area contributed by atoms with E-state index in [1.54, 1.807) is 38.1 Å². The van der Waals surface area contributed by atoms with Gasteiger partial charge in [0.05, 0.1) is 21.9 Å². The quantitative estimate of drug-likeness (QED) is 0.328. The number of guanidine groups is 1. The molecule has 160 valence electrons. The van der Waals surface area contributed by atoms with Gasteiger partial charge in [0.2, 0.25) is 10.0 Å². The summed E-state index contributed by atoms with van der Waals surface area (Å²) in [6.45, 7) is 7.24. The van der Waals surface area contributed by atoms with Gasteiger partial charge in [0.25, 0.3) is 0 Å². The topological polar surface area (TPSA) is 108 Å². The lowest BCUT2D eigenvalue weighted by atomic mass is 10.2. The molecule has 0 aromatic heterocycles. The second kappa shape index (κ2) is 9.72. The third-order valence-electron chi connectivity index (χ3n) is 4.59. The number of nitrogens with zero attached hydrogens (tertiary/aromatic N) is 2. The molecule has 8 nitrogen and oxygen atoms in total. The number of hydrogen-bond acceptors (Lipinski definition) is 5. The Morgan fingerprint density at radius 2 is 1.86 bits per heavy atom. The van der Waals surface area contributed by atoms with Crippen molar-refractivity contribution in [1.82, 2.24) is 14.9 Å². The summed E-state index contributed by atoms with van der Waals surface area (Å²) in [5.41, 5.74) is 0.865. The molecule has 1 aliphatic rings. The largest absolute Gasteiger partial charge is 0.357 e. The highest BCUT2D eigenvalue weighted by atomic mass is 127. The fourth-order valence-corrected chi connectivity index (χ4v) is 4.90. The fourth-order valence-electron chi connectivity index (χ4n) is 2.81. The van der Waals surface area contributed by atoms with Gasteiger partial charge >= 0.3 is 0 Å². The number of rotatable bonds is 5. The van der Waals surface area contributed by atoms with Crippen LogP contribution in [0.25, 0.3) is 0 Å². The zero-order valence-electron chi connectivity index (χ0n) is 16.6. The summed E-state index contributed by atoms with van der Waals surface area (Å²) in [4.78, 5) is 6.77. The molecule has 0 spiro atoms. The van der Waals surface area contributed by atoms with Crippen molar-refractivity contribution in [3.05, 3.63) is 29.8 Å². The molecule has 1 aliphatic heterocycles. The Hall–Kier alpha value is -0.920. The summed E-state index contributed by atoms with van der Waals surface area (Å²) in [6, 6.07) is 6.53. The first-order valence-electron chi connectivity index (χ1n) is 8.80. The standard InChI is InChI=1S/C17H28N4O4S2.HI/c1-5-19-16(21-10-11-26(22,23)17(2,3)13-21)20-12-14-6-8-15(9-7-14)27(24,25)18-4;/h6-9,18H,5,10-13H2,1-4H3,(H,19,20);1H. The number of hydrogen-bond donors (Lipinski definition) is 2. The molecular formula is C17H29IN4O4S2. The molecule has 0 bridgehead atoms. The van der Waals surface area contributed by atoms with Crippen LogP contribution in [0.2, 0.25) is 0 Å². The van der Waals surface area contributed by atoms with E-state index in [1.807, 2.05) is 11.8 Å². The average Bonchev–Trinajstić information content (AvgIpc) is 2.61. The number of aliphatic imine (C=N–C) groups is 1. The van der Waals surface area contributed by atoms with Gasteiger partial charge in [0.15, 0.2) is 15.8 Å². The molecule has 0 amide bonds. The minimum absolute atomic E-state index is 0. The first-order chi connectivity index (χ1) is 12.5. The molecule has 1 aromatic carbocycles. The van der Waals surface area contributed by atoms with Crippen LogP contribution in [0.4, 0.5) is 0 Å². The molecule has 0 atom stereocenters. The van der Waals surface area contributed by atoms with Gasteiger partial charge in [-0.25, -0.2) is 26.6 Å². The Kier molecular flexibility index (Phi) is 8.72. The summed E-state index contributed by atoms with van der Waals surface area (Å²) >= 11 is 0. The van der Waals surface area contributed by atoms with Crippen molar-refractivity contribution in [3.8, 4) is 0 Å². The first-order valence-corrected chi connectivity index (χ1v) is 11.9. The Balaban J connectivity index is 0.00000392. The second-order valence-corrected chi connectivity index (χ2v) is 11.7. The zero-order chi connectivity index (χ0) is 20.3. The highest BCUT2D eigenvalue weighted by Gasteiger charge is 2.40. The van der Waals surface area contributed by atoms with Gasteiger partial charge in [-0.1, -0.05) is 12.1 Å². The number of sulfonamides is 1. The molecule has 2 N–H and O–H groups in total. The molecule has 1 fully saturated rings. The van der Waals surface area contributed by atoms with Crippen LogP contribution in [0.5, 0.6) is 0 Å². The van der Waals surface area contributed by atoms with E-state index in [4.69, 9.17) is 0 Å². The highest BCUT2D eigenvalue weighted by Crippen LogP contribution is 2.23. The minimum atomic E-state index is -3.46.